The van der Waals surface area contributed by atoms with Crippen LogP contribution in [0.3, 0.4) is 0 Å². The van der Waals surface area contributed by atoms with Crippen molar-refractivity contribution in [2.24, 2.45) is 0 Å². The van der Waals surface area contributed by atoms with Crippen LogP contribution in [0.15, 0.2) is 182 Å². The van der Waals surface area contributed by atoms with E-state index in [0.717, 1.165) is 161 Å². The number of carbonyl (C=O) groups excluding carboxylic acids is 3. The summed E-state index contributed by atoms with van der Waals surface area (Å²) in [4.78, 5) is 59.3. The number of carbonyl (C=O) groups is 3. The lowest BCUT2D eigenvalue weighted by atomic mass is 10.0. The molecule has 5 atom stereocenters. The molecular weight excluding hydrogens is 1680 g/mol. The summed E-state index contributed by atoms with van der Waals surface area (Å²) in [6.45, 7) is 2.50. The number of allylic oxidation sites excluding steroid dienone is 30. The second kappa shape index (κ2) is 104. The van der Waals surface area contributed by atoms with Gasteiger partial charge < -0.3 is 34.2 Å². The highest BCUT2D eigenvalue weighted by molar-refractivity contribution is 7.47. The summed E-state index contributed by atoms with van der Waals surface area (Å²) < 4.78 is 61.8. The van der Waals surface area contributed by atoms with Crippen LogP contribution in [0.4, 0.5) is 0 Å². The number of phosphoric acid groups is 2. The van der Waals surface area contributed by atoms with Gasteiger partial charge in [0.05, 0.1) is 26.4 Å². The van der Waals surface area contributed by atoms with E-state index in [0.29, 0.717) is 19.3 Å². The van der Waals surface area contributed by atoms with E-state index in [4.69, 9.17) is 32.3 Å². The quantitative estimate of drug-likeness (QED) is 0.0146. The normalized spacial score (nSPS) is 14.3. The van der Waals surface area contributed by atoms with Crippen molar-refractivity contribution in [3.8, 4) is 0 Å². The zero-order valence-electron chi connectivity index (χ0n) is 83.5. The number of phosphoric ester groups is 2. The van der Waals surface area contributed by atoms with Gasteiger partial charge in [-0.1, -0.05) is 460 Å². The zero-order chi connectivity index (χ0) is 95.0. The van der Waals surface area contributed by atoms with Crippen LogP contribution in [0.1, 0.15) is 457 Å². The molecule has 0 aliphatic heterocycles. The molecule has 0 aliphatic carbocycles. The molecular formula is C113H194O16P2. The third-order valence-electron chi connectivity index (χ3n) is 22.6. The van der Waals surface area contributed by atoms with E-state index in [-0.39, 0.29) is 19.3 Å². The first-order chi connectivity index (χ1) is 64.2. The standard InChI is InChI=1S/C113H194O16P2/c1-4-7-10-13-16-19-22-25-28-31-34-37-40-43-46-49-51-52-53-54-56-59-60-63-66-69-72-75-78-81-84-87-90-93-96-99-111(116)123-102-108(114)103-125-130(119,120)126-104-109(115)105-127-131(121,122)128-107-110(129-113(118)101-98-95-92-89-86-83-80-77-74-71-68-65-62-57-48-45-42-39-36-33-30-27-24-21-18-15-12-9-6-3)106-124-112(117)100-97-94-91-88-85-82-79-76-73-70-67-64-61-58-55-50-47-44-41-38-35-32-29-26-23-20-17-14-11-8-5-2/h8-9,11-12,16-21,25-30,34-39,43-48,62,65,108-110,114-115H,4-7,10,13-15,22-24,31-33,40-42,49-61,63-64,66-107H2,1-3H3,(H,119,120)(H,121,122)/b11-8-,12-9-,19-16-,20-17-,21-18-,28-25-,29-26-,30-27-,37-34-,38-35-,39-36-,46-43-,47-44-,48-45-,65-62-. The number of aliphatic hydroxyl groups is 2. The first kappa shape index (κ1) is 126. The van der Waals surface area contributed by atoms with Gasteiger partial charge in [0.1, 0.15) is 25.4 Å². The third-order valence-corrected chi connectivity index (χ3v) is 24.5. The highest BCUT2D eigenvalue weighted by Gasteiger charge is 2.30. The van der Waals surface area contributed by atoms with Crippen LogP contribution in [0, 0.1) is 0 Å². The van der Waals surface area contributed by atoms with Crippen molar-refractivity contribution < 1.29 is 75.8 Å². The molecule has 131 heavy (non-hydrogen) atoms. The fourth-order valence-corrected chi connectivity index (χ4v) is 16.2. The summed E-state index contributed by atoms with van der Waals surface area (Å²) in [7, 11) is -9.82. The molecule has 0 amide bonds. The monoisotopic (exact) mass is 1870 g/mol. The van der Waals surface area contributed by atoms with E-state index < -0.39 is 91.5 Å². The van der Waals surface area contributed by atoms with Gasteiger partial charge in [0, 0.05) is 19.3 Å². The first-order valence-electron chi connectivity index (χ1n) is 53.1. The maximum atomic E-state index is 13.1. The van der Waals surface area contributed by atoms with Crippen molar-refractivity contribution in [2.45, 2.75) is 476 Å². The van der Waals surface area contributed by atoms with Crippen molar-refractivity contribution in [3.63, 3.8) is 0 Å². The minimum atomic E-state index is -4.95. The minimum Gasteiger partial charge on any atom is -0.463 e. The largest absolute Gasteiger partial charge is 0.472 e. The molecule has 0 aromatic carbocycles. The van der Waals surface area contributed by atoms with Crippen molar-refractivity contribution >= 4 is 33.6 Å². The average molecular weight is 1870 g/mol. The van der Waals surface area contributed by atoms with E-state index in [1.54, 1.807) is 0 Å². The zero-order valence-corrected chi connectivity index (χ0v) is 85.2. The Labute approximate surface area is 802 Å². The lowest BCUT2D eigenvalue weighted by Crippen LogP contribution is -2.30. The van der Waals surface area contributed by atoms with Crippen LogP contribution in [0.5, 0.6) is 0 Å². The Hall–Kier alpha value is -5.35. The highest BCUT2D eigenvalue weighted by atomic mass is 31.2. The van der Waals surface area contributed by atoms with Crippen molar-refractivity contribution in [1.29, 1.82) is 0 Å². The Kier molecular flexibility index (Phi) is 99.3. The maximum absolute atomic E-state index is 13.1. The first-order valence-corrected chi connectivity index (χ1v) is 56.1. The number of hydrogen-bond acceptors (Lipinski definition) is 14. The predicted octanol–water partition coefficient (Wildman–Crippen LogP) is 33.9. The molecule has 0 bridgehead atoms. The molecule has 0 fully saturated rings. The van der Waals surface area contributed by atoms with Gasteiger partial charge in [-0.25, -0.2) is 9.13 Å². The fourth-order valence-electron chi connectivity index (χ4n) is 14.7. The summed E-state index contributed by atoms with van der Waals surface area (Å²) in [5.74, 6) is -1.56. The second-order valence-corrected chi connectivity index (χ2v) is 38.2. The number of unbranched alkanes of at least 4 members (excludes halogenated alkanes) is 47. The van der Waals surface area contributed by atoms with Crippen LogP contribution < -0.4 is 0 Å². The Balaban J connectivity index is 4.60. The van der Waals surface area contributed by atoms with Gasteiger partial charge in [0.25, 0.3) is 0 Å². The Morgan fingerprint density at radius 2 is 0.405 bits per heavy atom. The van der Waals surface area contributed by atoms with Gasteiger partial charge in [-0.05, 0) is 161 Å². The molecule has 16 nitrogen and oxygen atoms in total. The summed E-state index contributed by atoms with van der Waals surface area (Å²) in [6.07, 6.45) is 138. The highest BCUT2D eigenvalue weighted by Crippen LogP contribution is 2.45. The average Bonchev–Trinajstić information content (AvgIpc) is 0.896. The smallest absolute Gasteiger partial charge is 0.463 e. The molecule has 18 heteroatoms. The molecule has 0 saturated heterocycles. The predicted molar refractivity (Wildman–Crippen MR) is 555 cm³/mol. The van der Waals surface area contributed by atoms with Crippen molar-refractivity contribution in [2.75, 3.05) is 39.6 Å². The lowest BCUT2D eigenvalue weighted by Gasteiger charge is -2.21. The van der Waals surface area contributed by atoms with Gasteiger partial charge in [0.2, 0.25) is 0 Å². The molecule has 0 aliphatic rings. The summed E-state index contributed by atoms with van der Waals surface area (Å²) in [5, 5.41) is 20.8. The lowest BCUT2D eigenvalue weighted by molar-refractivity contribution is -0.161. The Morgan fingerprint density at radius 3 is 0.641 bits per heavy atom. The number of hydrogen-bond donors (Lipinski definition) is 4. The van der Waals surface area contributed by atoms with Crippen molar-refractivity contribution in [3.05, 3.63) is 182 Å². The number of esters is 3. The molecule has 752 valence electrons. The van der Waals surface area contributed by atoms with E-state index in [9.17, 15) is 43.5 Å². The molecule has 5 unspecified atom stereocenters. The Morgan fingerprint density at radius 1 is 0.221 bits per heavy atom. The Bertz CT molecular complexity index is 3110. The second-order valence-electron chi connectivity index (χ2n) is 35.3. The van der Waals surface area contributed by atoms with Gasteiger partial charge in [-0.15, -0.1) is 0 Å². The van der Waals surface area contributed by atoms with Crippen LogP contribution in [-0.4, -0.2) is 95.9 Å². The van der Waals surface area contributed by atoms with Crippen LogP contribution >= 0.6 is 15.6 Å². The van der Waals surface area contributed by atoms with Gasteiger partial charge in [-0.3, -0.25) is 32.5 Å². The van der Waals surface area contributed by atoms with Crippen molar-refractivity contribution in [1.82, 2.24) is 0 Å². The number of aliphatic hydroxyl groups excluding tert-OH is 2. The van der Waals surface area contributed by atoms with Crippen LogP contribution in [0.25, 0.3) is 0 Å². The third kappa shape index (κ3) is 105. The molecule has 0 radical (unpaired) electrons. The summed E-state index contributed by atoms with van der Waals surface area (Å²) in [5.41, 5.74) is 0. The van der Waals surface area contributed by atoms with Crippen LogP contribution in [0.2, 0.25) is 0 Å². The molecule has 0 aromatic rings. The van der Waals surface area contributed by atoms with Gasteiger partial charge >= 0.3 is 33.6 Å². The minimum absolute atomic E-state index is 0.0950. The topological polar surface area (TPSA) is 231 Å². The fraction of sp³-hybridized carbons (Fsp3) is 0.708. The van der Waals surface area contributed by atoms with E-state index in [1.165, 1.54) is 238 Å². The summed E-state index contributed by atoms with van der Waals surface area (Å²) >= 11 is 0. The summed E-state index contributed by atoms with van der Waals surface area (Å²) in [6, 6.07) is 0. The van der Waals surface area contributed by atoms with E-state index in [1.807, 2.05) is 0 Å². The molecule has 0 saturated carbocycles. The van der Waals surface area contributed by atoms with E-state index in [2.05, 4.69) is 203 Å². The number of rotatable bonds is 100. The molecule has 0 aromatic heterocycles. The molecule has 0 heterocycles. The van der Waals surface area contributed by atoms with Gasteiger partial charge in [0.15, 0.2) is 6.10 Å². The van der Waals surface area contributed by atoms with Crippen LogP contribution in [-0.2, 0) is 55.8 Å². The molecule has 0 spiro atoms. The molecule has 4 N–H and O–H groups in total. The number of ether oxygens (including phenoxy) is 3. The van der Waals surface area contributed by atoms with Gasteiger partial charge in [-0.2, -0.15) is 0 Å². The molecule has 0 rings (SSSR count). The maximum Gasteiger partial charge on any atom is 0.472 e. The SMILES string of the molecule is CC/C=C\C/C=C\C/C=C\C/C=C\C/C=C\C/C=C\CCCCCCCCCCCCC(=O)OC(COC(=O)CCCCCCCCCCCCCCCCC/C=C\C/C=C\C/C=C\C/C=C\C/C=C\CC)COP(=O)(O)OCC(O)COP(=O)(O)OCC(O)COC(=O)CCCCCCCCCCCCCCCCCCCCC/C=C\C/C=C\C/C=C\C/C=C\CCCCC. The van der Waals surface area contributed by atoms with E-state index >= 15 is 0 Å².